The summed E-state index contributed by atoms with van der Waals surface area (Å²) in [5.74, 6) is 2.95. The molecule has 0 unspecified atom stereocenters. The van der Waals surface area contributed by atoms with Crippen molar-refractivity contribution >= 4 is 17.0 Å². The summed E-state index contributed by atoms with van der Waals surface area (Å²) in [6.07, 6.45) is 1.95. The van der Waals surface area contributed by atoms with Gasteiger partial charge in [-0.1, -0.05) is 32.0 Å². The smallest absolute Gasteiger partial charge is 0.166 e. The van der Waals surface area contributed by atoms with Crippen molar-refractivity contribution in [3.8, 4) is 22.6 Å². The molecule has 0 aliphatic carbocycles. The minimum atomic E-state index is 0.303. The monoisotopic (exact) mass is 431 g/mol. The lowest BCUT2D eigenvalue weighted by molar-refractivity contribution is 0.122. The summed E-state index contributed by atoms with van der Waals surface area (Å²) in [6.45, 7) is 10.3. The molecule has 1 aromatic carbocycles. The van der Waals surface area contributed by atoms with Crippen molar-refractivity contribution in [3.05, 3.63) is 42.4 Å². The number of hydrogen-bond donors (Lipinski definition) is 0. The molecular weight excluding hydrogens is 402 g/mol. The van der Waals surface area contributed by atoms with Gasteiger partial charge in [-0.15, -0.1) is 0 Å². The second-order valence-corrected chi connectivity index (χ2v) is 8.47. The van der Waals surface area contributed by atoms with Crippen LogP contribution in [-0.2, 0) is 18.3 Å². The van der Waals surface area contributed by atoms with Crippen LogP contribution in [0.25, 0.3) is 33.8 Å². The van der Waals surface area contributed by atoms with Crippen LogP contribution in [0.5, 0.6) is 0 Å². The zero-order valence-electron chi connectivity index (χ0n) is 19.1. The highest BCUT2D eigenvalue weighted by Gasteiger charge is 2.24. The highest BCUT2D eigenvalue weighted by atomic mass is 16.5. The number of hydrogen-bond acceptors (Lipinski definition) is 6. The Morgan fingerprint density at radius 3 is 2.50 bits per heavy atom. The second kappa shape index (κ2) is 8.35. The van der Waals surface area contributed by atoms with E-state index in [-0.39, 0.29) is 0 Å². The van der Waals surface area contributed by atoms with Crippen LogP contribution in [0.15, 0.2) is 36.5 Å². The van der Waals surface area contributed by atoms with Crippen LogP contribution in [0.4, 0.5) is 5.82 Å². The summed E-state index contributed by atoms with van der Waals surface area (Å²) in [7, 11) is 1.93. The van der Waals surface area contributed by atoms with Gasteiger partial charge < -0.3 is 14.2 Å². The lowest BCUT2D eigenvalue weighted by atomic mass is 10.1. The molecule has 8 nitrogen and oxygen atoms in total. The average Bonchev–Trinajstić information content (AvgIpc) is 3.42. The Labute approximate surface area is 187 Å². The molecule has 0 spiro atoms. The summed E-state index contributed by atoms with van der Waals surface area (Å²) < 4.78 is 9.62. The van der Waals surface area contributed by atoms with E-state index in [1.54, 1.807) is 0 Å². The first kappa shape index (κ1) is 20.6. The topological polar surface area (TPSA) is 73.9 Å². The molecule has 1 saturated heterocycles. The lowest BCUT2D eigenvalue weighted by Gasteiger charge is -2.28. The van der Waals surface area contributed by atoms with Crippen molar-refractivity contribution in [2.45, 2.75) is 33.2 Å². The van der Waals surface area contributed by atoms with E-state index in [0.29, 0.717) is 25.0 Å². The van der Waals surface area contributed by atoms with Crippen LogP contribution in [-0.4, -0.2) is 55.6 Å². The van der Waals surface area contributed by atoms with Crippen molar-refractivity contribution in [3.63, 3.8) is 0 Å². The van der Waals surface area contributed by atoms with Crippen LogP contribution in [0.1, 0.15) is 32.5 Å². The van der Waals surface area contributed by atoms with Crippen molar-refractivity contribution in [1.82, 2.24) is 29.3 Å². The van der Waals surface area contributed by atoms with Gasteiger partial charge in [0.25, 0.3) is 0 Å². The van der Waals surface area contributed by atoms with E-state index in [1.165, 1.54) is 0 Å². The fraction of sp³-hybridized carbons (Fsp3) is 0.417. The molecule has 8 heteroatoms. The lowest BCUT2D eigenvalue weighted by Crippen LogP contribution is -2.37. The third kappa shape index (κ3) is 3.64. The molecule has 5 rings (SSSR count). The maximum atomic E-state index is 5.58. The van der Waals surface area contributed by atoms with Crippen LogP contribution in [0.3, 0.4) is 0 Å². The number of benzene rings is 1. The van der Waals surface area contributed by atoms with Gasteiger partial charge in [-0.05, 0) is 19.1 Å². The van der Waals surface area contributed by atoms with Crippen LogP contribution >= 0.6 is 0 Å². The molecule has 0 saturated carbocycles. The third-order valence-corrected chi connectivity index (χ3v) is 5.88. The van der Waals surface area contributed by atoms with Gasteiger partial charge in [-0.2, -0.15) is 5.10 Å². The quantitative estimate of drug-likeness (QED) is 0.478. The van der Waals surface area contributed by atoms with E-state index in [4.69, 9.17) is 19.7 Å². The molecule has 1 aliphatic heterocycles. The summed E-state index contributed by atoms with van der Waals surface area (Å²) in [6, 6.07) is 10.3. The molecule has 0 radical (unpaired) electrons. The van der Waals surface area contributed by atoms with E-state index in [0.717, 1.165) is 59.3 Å². The van der Waals surface area contributed by atoms with Gasteiger partial charge in [0.15, 0.2) is 22.8 Å². The van der Waals surface area contributed by atoms with Gasteiger partial charge in [0.05, 0.1) is 18.9 Å². The van der Waals surface area contributed by atoms with Gasteiger partial charge in [0.1, 0.15) is 5.82 Å². The Balaban J connectivity index is 1.70. The van der Waals surface area contributed by atoms with E-state index in [2.05, 4.69) is 53.5 Å². The molecule has 3 aromatic heterocycles. The number of aromatic nitrogens is 6. The molecule has 32 heavy (non-hydrogen) atoms. The number of anilines is 1. The summed E-state index contributed by atoms with van der Waals surface area (Å²) in [5.41, 5.74) is 4.73. The Kier molecular flexibility index (Phi) is 5.38. The maximum Gasteiger partial charge on any atom is 0.166 e. The minimum Gasteiger partial charge on any atom is -0.378 e. The number of fused-ring (bicyclic) bond motifs is 1. The highest BCUT2D eigenvalue weighted by molar-refractivity contribution is 5.86. The van der Waals surface area contributed by atoms with E-state index in [9.17, 15) is 0 Å². The van der Waals surface area contributed by atoms with E-state index >= 15 is 0 Å². The molecule has 4 heterocycles. The van der Waals surface area contributed by atoms with Crippen LogP contribution in [0.2, 0.25) is 0 Å². The Hall–Kier alpha value is -3.26. The summed E-state index contributed by atoms with van der Waals surface area (Å²) in [5, 5.41) is 4.55. The average molecular weight is 432 g/mol. The highest BCUT2D eigenvalue weighted by Crippen LogP contribution is 2.31. The normalized spacial score (nSPS) is 14.6. The zero-order valence-corrected chi connectivity index (χ0v) is 19.1. The van der Waals surface area contributed by atoms with Crippen molar-refractivity contribution < 1.29 is 4.74 Å². The zero-order chi connectivity index (χ0) is 22.2. The fourth-order valence-corrected chi connectivity index (χ4v) is 4.27. The summed E-state index contributed by atoms with van der Waals surface area (Å²) in [4.78, 5) is 17.3. The number of ether oxygens (including phenoxy) is 1. The first-order valence-electron chi connectivity index (χ1n) is 11.3. The Morgan fingerprint density at radius 1 is 1.03 bits per heavy atom. The van der Waals surface area contributed by atoms with Gasteiger partial charge in [-0.3, -0.25) is 4.68 Å². The SMILES string of the molecule is CCn1c(C(C)C)nc2c(N3CCOCC3)nc(-c3cccc(-c4ccn(C)n4)c3)nc21. The number of aryl methyl sites for hydroxylation is 2. The molecule has 0 N–H and O–H groups in total. The fourth-order valence-electron chi connectivity index (χ4n) is 4.27. The molecule has 0 amide bonds. The maximum absolute atomic E-state index is 5.58. The van der Waals surface area contributed by atoms with Crippen molar-refractivity contribution in [1.29, 1.82) is 0 Å². The predicted molar refractivity (Wildman–Crippen MR) is 126 cm³/mol. The summed E-state index contributed by atoms with van der Waals surface area (Å²) >= 11 is 0. The van der Waals surface area contributed by atoms with Crippen molar-refractivity contribution in [2.75, 3.05) is 31.2 Å². The Morgan fingerprint density at radius 2 is 1.81 bits per heavy atom. The Bertz CT molecular complexity index is 1250. The standard InChI is InChI=1S/C24H29N7O/c1-5-31-22(16(2)3)25-20-23(30-11-13-32-14-12-30)26-21(27-24(20)31)18-8-6-7-17(15-18)19-9-10-29(4)28-19/h6-10,15-16H,5,11-14H2,1-4H3. The van der Waals surface area contributed by atoms with Crippen LogP contribution < -0.4 is 4.90 Å². The number of morpholine rings is 1. The third-order valence-electron chi connectivity index (χ3n) is 5.88. The van der Waals surface area contributed by atoms with Gasteiger partial charge in [-0.25, -0.2) is 15.0 Å². The number of imidazole rings is 1. The molecule has 166 valence electrons. The molecule has 1 fully saturated rings. The van der Waals surface area contributed by atoms with Crippen molar-refractivity contribution in [2.24, 2.45) is 7.05 Å². The number of nitrogens with zero attached hydrogens (tertiary/aromatic N) is 7. The van der Waals surface area contributed by atoms with Crippen LogP contribution in [0, 0.1) is 0 Å². The van der Waals surface area contributed by atoms with E-state index in [1.807, 2.05) is 30.1 Å². The molecule has 0 bridgehead atoms. The van der Waals surface area contributed by atoms with Gasteiger partial charge >= 0.3 is 0 Å². The molecule has 0 atom stereocenters. The van der Waals surface area contributed by atoms with Gasteiger partial charge in [0.2, 0.25) is 0 Å². The predicted octanol–water partition coefficient (Wildman–Crippen LogP) is 3.87. The molecular formula is C24H29N7O. The second-order valence-electron chi connectivity index (χ2n) is 8.47. The first-order chi connectivity index (χ1) is 15.5. The van der Waals surface area contributed by atoms with E-state index < -0.39 is 0 Å². The first-order valence-corrected chi connectivity index (χ1v) is 11.3. The number of rotatable bonds is 5. The molecule has 4 aromatic rings. The molecule has 1 aliphatic rings. The minimum absolute atomic E-state index is 0.303. The van der Waals surface area contributed by atoms with Gasteiger partial charge in [0, 0.05) is 49.9 Å². The largest absolute Gasteiger partial charge is 0.378 e.